The molecule has 2 rings (SSSR count). The van der Waals surface area contributed by atoms with E-state index in [1.54, 1.807) is 7.11 Å². The molecular formula is C13H16ClN3O. The van der Waals surface area contributed by atoms with E-state index >= 15 is 0 Å². The second kappa shape index (κ2) is 5.40. The lowest BCUT2D eigenvalue weighted by Crippen LogP contribution is -2.08. The Hall–Kier alpha value is -1.55. The van der Waals surface area contributed by atoms with Crippen LogP contribution in [0.1, 0.15) is 31.2 Å². The van der Waals surface area contributed by atoms with Gasteiger partial charge in [0.25, 0.3) is 0 Å². The highest BCUT2D eigenvalue weighted by atomic mass is 35.5. The molecule has 0 bridgehead atoms. The predicted octanol–water partition coefficient (Wildman–Crippen LogP) is 3.11. The topological polar surface area (TPSA) is 39.9 Å². The van der Waals surface area contributed by atoms with Crippen molar-refractivity contribution in [1.29, 1.82) is 0 Å². The lowest BCUT2D eigenvalue weighted by molar-refractivity contribution is 0.408. The summed E-state index contributed by atoms with van der Waals surface area (Å²) in [5.74, 6) is 2.00. The summed E-state index contributed by atoms with van der Waals surface area (Å²) >= 11 is 6.08. The Bertz CT molecular complexity index is 537. The first-order valence-electron chi connectivity index (χ1n) is 5.84. The Morgan fingerprint density at radius 2 is 2.00 bits per heavy atom. The molecule has 4 nitrogen and oxygen atoms in total. The normalized spacial score (nSPS) is 10.9. The largest absolute Gasteiger partial charge is 0.496 e. The Kier molecular flexibility index (Phi) is 3.87. The standard InChI is InChI=1S/C13H16ClN3O/c1-9(2)12-15-16-13(14)17(12)8-10-6-4-5-7-11(10)18-3/h4-7,9H,8H2,1-3H3. The molecule has 0 spiro atoms. The first kappa shape index (κ1) is 12.9. The molecule has 0 N–H and O–H groups in total. The minimum Gasteiger partial charge on any atom is -0.496 e. The molecule has 18 heavy (non-hydrogen) atoms. The highest BCUT2D eigenvalue weighted by Gasteiger charge is 2.15. The van der Waals surface area contributed by atoms with E-state index in [4.69, 9.17) is 16.3 Å². The number of para-hydroxylation sites is 1. The molecule has 0 amide bonds. The van der Waals surface area contributed by atoms with E-state index in [9.17, 15) is 0 Å². The number of nitrogens with zero attached hydrogens (tertiary/aromatic N) is 3. The van der Waals surface area contributed by atoms with Crippen LogP contribution in [0.2, 0.25) is 5.28 Å². The van der Waals surface area contributed by atoms with Crippen LogP contribution >= 0.6 is 11.6 Å². The van der Waals surface area contributed by atoms with Crippen molar-refractivity contribution in [3.63, 3.8) is 0 Å². The van der Waals surface area contributed by atoms with Crippen LogP contribution < -0.4 is 4.74 Å². The van der Waals surface area contributed by atoms with Crippen molar-refractivity contribution in [2.24, 2.45) is 0 Å². The zero-order chi connectivity index (χ0) is 13.1. The number of methoxy groups -OCH3 is 1. The lowest BCUT2D eigenvalue weighted by Gasteiger charge is -2.12. The van der Waals surface area contributed by atoms with Crippen LogP contribution in [-0.2, 0) is 6.54 Å². The van der Waals surface area contributed by atoms with E-state index in [1.165, 1.54) is 0 Å². The van der Waals surface area contributed by atoms with Gasteiger partial charge in [-0.3, -0.25) is 4.57 Å². The monoisotopic (exact) mass is 265 g/mol. The Morgan fingerprint density at radius 1 is 1.28 bits per heavy atom. The summed E-state index contributed by atoms with van der Waals surface area (Å²) in [6, 6.07) is 7.87. The average Bonchev–Trinajstić information content (AvgIpc) is 2.72. The van der Waals surface area contributed by atoms with E-state index in [1.807, 2.05) is 28.8 Å². The van der Waals surface area contributed by atoms with Gasteiger partial charge in [-0.25, -0.2) is 0 Å². The van der Waals surface area contributed by atoms with Crippen LogP contribution in [-0.4, -0.2) is 21.9 Å². The van der Waals surface area contributed by atoms with Gasteiger partial charge < -0.3 is 4.74 Å². The number of halogens is 1. The fourth-order valence-corrected chi connectivity index (χ4v) is 2.06. The first-order valence-corrected chi connectivity index (χ1v) is 6.21. The summed E-state index contributed by atoms with van der Waals surface area (Å²) in [5.41, 5.74) is 1.06. The third kappa shape index (κ3) is 2.48. The Balaban J connectivity index is 2.36. The average molecular weight is 266 g/mol. The molecule has 1 aromatic heterocycles. The molecule has 0 aliphatic heterocycles. The molecule has 0 unspecified atom stereocenters. The van der Waals surface area contributed by atoms with Crippen molar-refractivity contribution in [3.8, 4) is 5.75 Å². The molecule has 0 atom stereocenters. The summed E-state index contributed by atoms with van der Waals surface area (Å²) in [6.45, 7) is 4.75. The second-order valence-corrected chi connectivity index (χ2v) is 4.72. The zero-order valence-corrected chi connectivity index (χ0v) is 11.5. The highest BCUT2D eigenvalue weighted by molar-refractivity contribution is 6.28. The second-order valence-electron chi connectivity index (χ2n) is 4.38. The molecule has 0 aliphatic rings. The van der Waals surface area contributed by atoms with Gasteiger partial charge in [-0.2, -0.15) is 0 Å². The van der Waals surface area contributed by atoms with E-state index in [2.05, 4.69) is 24.0 Å². The smallest absolute Gasteiger partial charge is 0.225 e. The van der Waals surface area contributed by atoms with Gasteiger partial charge in [0, 0.05) is 11.5 Å². The van der Waals surface area contributed by atoms with Crippen LogP contribution in [0.3, 0.4) is 0 Å². The zero-order valence-electron chi connectivity index (χ0n) is 10.7. The fourth-order valence-electron chi connectivity index (χ4n) is 1.87. The maximum atomic E-state index is 6.08. The molecule has 96 valence electrons. The quantitative estimate of drug-likeness (QED) is 0.853. The van der Waals surface area contributed by atoms with Crippen molar-refractivity contribution in [2.45, 2.75) is 26.3 Å². The van der Waals surface area contributed by atoms with E-state index in [0.717, 1.165) is 17.1 Å². The number of hydrogen-bond acceptors (Lipinski definition) is 3. The maximum absolute atomic E-state index is 6.08. The van der Waals surface area contributed by atoms with Crippen molar-refractivity contribution in [1.82, 2.24) is 14.8 Å². The molecular weight excluding hydrogens is 250 g/mol. The molecule has 2 aromatic rings. The van der Waals surface area contributed by atoms with Crippen LogP contribution in [0.4, 0.5) is 0 Å². The molecule has 0 radical (unpaired) electrons. The molecule has 5 heteroatoms. The van der Waals surface area contributed by atoms with Crippen molar-refractivity contribution >= 4 is 11.6 Å². The van der Waals surface area contributed by atoms with Crippen LogP contribution in [0.15, 0.2) is 24.3 Å². The molecule has 0 fully saturated rings. The number of benzene rings is 1. The van der Waals surface area contributed by atoms with Gasteiger partial charge in [-0.05, 0) is 17.7 Å². The van der Waals surface area contributed by atoms with Gasteiger partial charge >= 0.3 is 0 Å². The van der Waals surface area contributed by atoms with Crippen molar-refractivity contribution in [2.75, 3.05) is 7.11 Å². The summed E-state index contributed by atoms with van der Waals surface area (Å²) in [5, 5.41) is 8.44. The fraction of sp³-hybridized carbons (Fsp3) is 0.385. The molecule has 1 heterocycles. The Morgan fingerprint density at radius 3 is 2.67 bits per heavy atom. The van der Waals surface area contributed by atoms with Gasteiger partial charge in [0.2, 0.25) is 5.28 Å². The van der Waals surface area contributed by atoms with Gasteiger partial charge in [0.1, 0.15) is 11.6 Å². The molecule has 0 aliphatic carbocycles. The predicted molar refractivity (Wildman–Crippen MR) is 71.2 cm³/mol. The third-order valence-electron chi connectivity index (χ3n) is 2.77. The highest BCUT2D eigenvalue weighted by Crippen LogP contribution is 2.23. The maximum Gasteiger partial charge on any atom is 0.225 e. The van der Waals surface area contributed by atoms with Crippen LogP contribution in [0.25, 0.3) is 0 Å². The number of ether oxygens (including phenoxy) is 1. The first-order chi connectivity index (χ1) is 8.63. The minimum atomic E-state index is 0.278. The van der Waals surface area contributed by atoms with Gasteiger partial charge in [-0.1, -0.05) is 32.0 Å². The van der Waals surface area contributed by atoms with Gasteiger partial charge in [0.05, 0.1) is 13.7 Å². The van der Waals surface area contributed by atoms with Gasteiger partial charge in [0.15, 0.2) is 0 Å². The summed E-state index contributed by atoms with van der Waals surface area (Å²) in [7, 11) is 1.66. The number of rotatable bonds is 4. The van der Waals surface area contributed by atoms with Gasteiger partial charge in [-0.15, -0.1) is 10.2 Å². The summed E-state index contributed by atoms with van der Waals surface area (Å²) in [4.78, 5) is 0. The van der Waals surface area contributed by atoms with Crippen LogP contribution in [0, 0.1) is 0 Å². The van der Waals surface area contributed by atoms with Crippen molar-refractivity contribution < 1.29 is 4.74 Å². The lowest BCUT2D eigenvalue weighted by atomic mass is 10.1. The SMILES string of the molecule is COc1ccccc1Cn1c(Cl)nnc1C(C)C. The number of aromatic nitrogens is 3. The van der Waals surface area contributed by atoms with E-state index in [0.29, 0.717) is 11.8 Å². The molecule has 0 saturated heterocycles. The molecule has 1 aromatic carbocycles. The van der Waals surface area contributed by atoms with E-state index < -0.39 is 0 Å². The number of hydrogen-bond donors (Lipinski definition) is 0. The third-order valence-corrected chi connectivity index (χ3v) is 3.05. The summed E-state index contributed by atoms with van der Waals surface area (Å²) < 4.78 is 7.24. The van der Waals surface area contributed by atoms with Crippen molar-refractivity contribution in [3.05, 3.63) is 40.9 Å². The minimum absolute atomic E-state index is 0.278. The Labute approximate surface area is 112 Å². The van der Waals surface area contributed by atoms with Crippen LogP contribution in [0.5, 0.6) is 5.75 Å². The summed E-state index contributed by atoms with van der Waals surface area (Å²) in [6.07, 6.45) is 0. The van der Waals surface area contributed by atoms with E-state index in [-0.39, 0.29) is 5.92 Å². The molecule has 0 saturated carbocycles.